The molecular formula is C19H19Cl2NO3. The van der Waals surface area contributed by atoms with Gasteiger partial charge in [0.15, 0.2) is 6.10 Å². The number of para-hydroxylation sites is 1. The van der Waals surface area contributed by atoms with Gasteiger partial charge in [-0.3, -0.25) is 4.79 Å². The summed E-state index contributed by atoms with van der Waals surface area (Å²) in [7, 11) is 0. The number of amides is 1. The summed E-state index contributed by atoms with van der Waals surface area (Å²) in [4.78, 5) is 12.3. The molecule has 2 unspecified atom stereocenters. The zero-order valence-electron chi connectivity index (χ0n) is 13.8. The van der Waals surface area contributed by atoms with Crippen LogP contribution < -0.4 is 14.8 Å². The lowest BCUT2D eigenvalue weighted by atomic mass is 9.97. The van der Waals surface area contributed by atoms with E-state index < -0.39 is 6.10 Å². The molecule has 2 aromatic carbocycles. The van der Waals surface area contributed by atoms with Gasteiger partial charge < -0.3 is 14.8 Å². The maximum Gasteiger partial charge on any atom is 0.260 e. The van der Waals surface area contributed by atoms with Crippen molar-refractivity contribution in [3.05, 3.63) is 58.1 Å². The van der Waals surface area contributed by atoms with Crippen molar-refractivity contribution in [1.82, 2.24) is 5.32 Å². The zero-order valence-corrected chi connectivity index (χ0v) is 15.3. The van der Waals surface area contributed by atoms with Crippen molar-refractivity contribution in [2.75, 3.05) is 13.2 Å². The SMILES string of the molecule is CC(Oc1cccc(Cl)c1Cl)C(=O)NCC1COc2ccccc2C1. The first-order valence-corrected chi connectivity index (χ1v) is 8.89. The molecule has 0 aliphatic carbocycles. The molecule has 2 aromatic rings. The summed E-state index contributed by atoms with van der Waals surface area (Å²) in [6.07, 6.45) is 0.207. The number of halogens is 2. The minimum absolute atomic E-state index is 0.199. The highest BCUT2D eigenvalue weighted by Gasteiger charge is 2.22. The van der Waals surface area contributed by atoms with Crippen molar-refractivity contribution in [3.63, 3.8) is 0 Å². The van der Waals surface area contributed by atoms with Crippen LogP contribution in [0.1, 0.15) is 12.5 Å². The molecule has 3 rings (SSSR count). The number of fused-ring (bicyclic) bond motifs is 1. The molecule has 0 fully saturated rings. The second-order valence-electron chi connectivity index (χ2n) is 6.05. The standard InChI is InChI=1S/C19H19Cl2NO3/c1-12(25-17-8-4-6-15(20)18(17)21)19(23)22-10-13-9-14-5-2-3-7-16(14)24-11-13/h2-8,12-13H,9-11H2,1H3,(H,22,23). The Morgan fingerprint density at radius 1 is 1.28 bits per heavy atom. The smallest absolute Gasteiger partial charge is 0.260 e. The van der Waals surface area contributed by atoms with Crippen LogP contribution in [0.3, 0.4) is 0 Å². The maximum absolute atomic E-state index is 12.3. The average Bonchev–Trinajstić information content (AvgIpc) is 2.63. The number of benzene rings is 2. The second kappa shape index (κ2) is 7.98. The molecule has 1 N–H and O–H groups in total. The highest BCUT2D eigenvalue weighted by Crippen LogP contribution is 2.32. The molecule has 0 saturated carbocycles. The normalized spacial score (nSPS) is 17.2. The summed E-state index contributed by atoms with van der Waals surface area (Å²) in [5, 5.41) is 3.62. The Labute approximate surface area is 157 Å². The Balaban J connectivity index is 1.52. The molecule has 2 atom stereocenters. The number of nitrogens with one attached hydrogen (secondary N) is 1. The van der Waals surface area contributed by atoms with Crippen LogP contribution in [0.25, 0.3) is 0 Å². The summed E-state index contributed by atoms with van der Waals surface area (Å²) in [5.41, 5.74) is 1.17. The van der Waals surface area contributed by atoms with Gasteiger partial charge in [0.05, 0.1) is 11.6 Å². The molecular weight excluding hydrogens is 361 g/mol. The first-order chi connectivity index (χ1) is 12.0. The van der Waals surface area contributed by atoms with Gasteiger partial charge in [-0.2, -0.15) is 0 Å². The predicted octanol–water partition coefficient (Wildman–Crippen LogP) is 4.13. The molecule has 1 heterocycles. The van der Waals surface area contributed by atoms with Gasteiger partial charge in [-0.1, -0.05) is 47.5 Å². The summed E-state index contributed by atoms with van der Waals surface area (Å²) in [5.74, 6) is 1.36. The van der Waals surface area contributed by atoms with Crippen LogP contribution in [0.4, 0.5) is 0 Å². The predicted molar refractivity (Wildman–Crippen MR) is 98.7 cm³/mol. The van der Waals surface area contributed by atoms with E-state index in [4.69, 9.17) is 32.7 Å². The van der Waals surface area contributed by atoms with Gasteiger partial charge in [-0.15, -0.1) is 0 Å². The lowest BCUT2D eigenvalue weighted by Crippen LogP contribution is -2.41. The number of carbonyl (C=O) groups excluding carboxylic acids is 1. The van der Waals surface area contributed by atoms with Crippen molar-refractivity contribution in [3.8, 4) is 11.5 Å². The lowest BCUT2D eigenvalue weighted by Gasteiger charge is -2.26. The molecule has 1 aliphatic heterocycles. The van der Waals surface area contributed by atoms with Crippen molar-refractivity contribution < 1.29 is 14.3 Å². The van der Waals surface area contributed by atoms with Gasteiger partial charge in [-0.25, -0.2) is 0 Å². The first kappa shape index (κ1) is 17.9. The summed E-state index contributed by atoms with van der Waals surface area (Å²) in [6.45, 7) is 2.80. The second-order valence-corrected chi connectivity index (χ2v) is 6.83. The molecule has 0 radical (unpaired) electrons. The van der Waals surface area contributed by atoms with Crippen LogP contribution in [-0.2, 0) is 11.2 Å². The zero-order chi connectivity index (χ0) is 17.8. The van der Waals surface area contributed by atoms with Crippen LogP contribution in [0.15, 0.2) is 42.5 Å². The molecule has 25 heavy (non-hydrogen) atoms. The maximum atomic E-state index is 12.3. The third-order valence-corrected chi connectivity index (χ3v) is 4.91. The van der Waals surface area contributed by atoms with Gasteiger partial charge in [0.2, 0.25) is 0 Å². The minimum Gasteiger partial charge on any atom is -0.493 e. The third kappa shape index (κ3) is 4.39. The van der Waals surface area contributed by atoms with Crippen molar-refractivity contribution in [2.24, 2.45) is 5.92 Å². The topological polar surface area (TPSA) is 47.6 Å². The number of ether oxygens (including phenoxy) is 2. The van der Waals surface area contributed by atoms with Crippen molar-refractivity contribution >= 4 is 29.1 Å². The highest BCUT2D eigenvalue weighted by atomic mass is 35.5. The Hall–Kier alpha value is -1.91. The highest BCUT2D eigenvalue weighted by molar-refractivity contribution is 6.42. The Bertz CT molecular complexity index is 766. The number of rotatable bonds is 5. The molecule has 0 aromatic heterocycles. The fourth-order valence-corrected chi connectivity index (χ4v) is 3.07. The largest absolute Gasteiger partial charge is 0.493 e. The molecule has 0 bridgehead atoms. The van der Waals surface area contributed by atoms with E-state index >= 15 is 0 Å². The summed E-state index contributed by atoms with van der Waals surface area (Å²) < 4.78 is 11.4. The fraction of sp³-hybridized carbons (Fsp3) is 0.316. The van der Waals surface area contributed by atoms with Gasteiger partial charge >= 0.3 is 0 Å². The van der Waals surface area contributed by atoms with Crippen LogP contribution in [0.2, 0.25) is 10.0 Å². The molecule has 0 saturated heterocycles. The molecule has 6 heteroatoms. The summed E-state index contributed by atoms with van der Waals surface area (Å²) >= 11 is 12.0. The van der Waals surface area contributed by atoms with E-state index in [-0.39, 0.29) is 11.8 Å². The number of carbonyl (C=O) groups is 1. The average molecular weight is 380 g/mol. The monoisotopic (exact) mass is 379 g/mol. The molecule has 0 spiro atoms. The Kier molecular flexibility index (Phi) is 5.71. The quantitative estimate of drug-likeness (QED) is 0.849. The van der Waals surface area contributed by atoms with Gasteiger partial charge in [0, 0.05) is 12.5 Å². The lowest BCUT2D eigenvalue weighted by molar-refractivity contribution is -0.127. The van der Waals surface area contributed by atoms with Crippen LogP contribution >= 0.6 is 23.2 Å². The molecule has 1 aliphatic rings. The van der Waals surface area contributed by atoms with Crippen LogP contribution in [0.5, 0.6) is 11.5 Å². The van der Waals surface area contributed by atoms with Crippen molar-refractivity contribution in [1.29, 1.82) is 0 Å². The van der Waals surface area contributed by atoms with Gasteiger partial charge in [0.1, 0.15) is 16.5 Å². The Morgan fingerprint density at radius 2 is 2.08 bits per heavy atom. The molecule has 132 valence electrons. The van der Waals surface area contributed by atoms with E-state index in [2.05, 4.69) is 11.4 Å². The number of hydrogen-bond donors (Lipinski definition) is 1. The molecule has 4 nitrogen and oxygen atoms in total. The third-order valence-electron chi connectivity index (χ3n) is 4.11. The van der Waals surface area contributed by atoms with E-state index in [0.29, 0.717) is 28.9 Å². The van der Waals surface area contributed by atoms with Gasteiger partial charge in [-0.05, 0) is 37.1 Å². The minimum atomic E-state index is -0.673. The van der Waals surface area contributed by atoms with Crippen LogP contribution in [-0.4, -0.2) is 25.2 Å². The fourth-order valence-electron chi connectivity index (χ4n) is 2.73. The van der Waals surface area contributed by atoms with E-state index in [0.717, 1.165) is 12.2 Å². The van der Waals surface area contributed by atoms with Crippen LogP contribution in [0, 0.1) is 5.92 Å². The molecule has 1 amide bonds. The van der Waals surface area contributed by atoms with E-state index in [9.17, 15) is 4.79 Å². The first-order valence-electron chi connectivity index (χ1n) is 8.13. The summed E-state index contributed by atoms with van der Waals surface area (Å²) in [6, 6.07) is 13.1. The van der Waals surface area contributed by atoms with E-state index in [1.165, 1.54) is 5.56 Å². The van der Waals surface area contributed by atoms with Crippen molar-refractivity contribution in [2.45, 2.75) is 19.4 Å². The van der Waals surface area contributed by atoms with Gasteiger partial charge in [0.25, 0.3) is 5.91 Å². The van der Waals surface area contributed by atoms with E-state index in [1.807, 2.05) is 18.2 Å². The van der Waals surface area contributed by atoms with E-state index in [1.54, 1.807) is 25.1 Å². The Morgan fingerprint density at radius 3 is 2.92 bits per heavy atom. The number of hydrogen-bond acceptors (Lipinski definition) is 3.